The second kappa shape index (κ2) is 80.0. The van der Waals surface area contributed by atoms with Gasteiger partial charge in [-0.3, -0.25) is 4.79 Å². The van der Waals surface area contributed by atoms with E-state index in [4.69, 9.17) is 0 Å². The lowest BCUT2D eigenvalue weighted by Gasteiger charge is -2.05. The number of hydrogen-bond donors (Lipinski definition) is 1. The molecular weight excluding hydrogens is 370 g/mol. The minimum atomic E-state index is 0.167. The van der Waals surface area contributed by atoms with Crippen molar-refractivity contribution >= 4 is 12.1 Å². The van der Waals surface area contributed by atoms with Gasteiger partial charge in [0, 0.05) is 0 Å². The van der Waals surface area contributed by atoms with Crippen molar-refractivity contribution in [1.29, 1.82) is 0 Å². The van der Waals surface area contributed by atoms with E-state index in [-0.39, 0.29) is 5.78 Å². The number of nitrogens with one attached hydrogen (secondary N) is 1. The van der Waals surface area contributed by atoms with Crippen LogP contribution >= 0.6 is 0 Å². The molecule has 0 rings (SSSR count). The largest absolute Gasteiger partial charge is 0.320 e. The monoisotopic (exact) mass is 433 g/mol. The van der Waals surface area contributed by atoms with E-state index in [1.54, 1.807) is 6.08 Å². The summed E-state index contributed by atoms with van der Waals surface area (Å²) in [4.78, 5) is 19.6. The fraction of sp³-hybridized carbons (Fsp3) is 0.778. The SMILES string of the molecule is C=C(C=O)C(C)CCC.C=CC.CC.CC.CC.CC(C)=O.CCC.CCCNC. The maximum Gasteiger partial charge on any atom is 0.145 e. The Hall–Kier alpha value is -1.22. The lowest BCUT2D eigenvalue weighted by atomic mass is 9.99. The molecular formula is C27H63NO2. The second-order valence-electron chi connectivity index (χ2n) is 5.51. The molecule has 0 fully saturated rings. The molecule has 0 aromatic rings. The van der Waals surface area contributed by atoms with E-state index in [9.17, 15) is 9.59 Å². The number of carbonyl (C=O) groups excluding carboxylic acids is 2. The van der Waals surface area contributed by atoms with Gasteiger partial charge in [-0.1, -0.05) is 102 Å². The van der Waals surface area contributed by atoms with Gasteiger partial charge >= 0.3 is 0 Å². The van der Waals surface area contributed by atoms with Gasteiger partial charge in [-0.05, 0) is 58.7 Å². The minimum Gasteiger partial charge on any atom is -0.320 e. The molecule has 30 heavy (non-hydrogen) atoms. The molecule has 0 saturated carbocycles. The van der Waals surface area contributed by atoms with E-state index in [1.165, 1.54) is 26.7 Å². The molecule has 0 radical (unpaired) electrons. The van der Waals surface area contributed by atoms with Crippen molar-refractivity contribution in [2.45, 2.75) is 123 Å². The highest BCUT2D eigenvalue weighted by Gasteiger charge is 2.02. The molecule has 0 aromatic heterocycles. The van der Waals surface area contributed by atoms with E-state index in [2.05, 4.69) is 46.2 Å². The molecule has 0 aliphatic heterocycles. The molecule has 0 amide bonds. The Labute approximate surface area is 194 Å². The summed E-state index contributed by atoms with van der Waals surface area (Å²) in [5.41, 5.74) is 0.719. The van der Waals surface area contributed by atoms with Crippen LogP contribution in [0.15, 0.2) is 24.8 Å². The van der Waals surface area contributed by atoms with Crippen LogP contribution in [0.1, 0.15) is 123 Å². The maximum absolute atomic E-state index is 10.1. The third-order valence-corrected chi connectivity index (χ3v) is 2.01. The number of hydrogen-bond acceptors (Lipinski definition) is 3. The molecule has 0 bridgehead atoms. The molecule has 0 aliphatic carbocycles. The molecule has 3 nitrogen and oxygen atoms in total. The standard InChI is InChI=1S/C8H14O.C4H11N.C3H6O.C3H8.C3H6.3C2H6/c1-4-5-7(2)8(3)6-9;1-3-4-5-2;1-3(2)4;2*1-3-2;3*1-2/h6-7H,3-5H2,1-2H3;5H,3-4H2,1-2H3;1-2H3;3H2,1-2H3;3H,1H2,2H3;3*1-2H3. The third-order valence-electron chi connectivity index (χ3n) is 2.01. The van der Waals surface area contributed by atoms with E-state index in [1.807, 2.05) is 62.4 Å². The second-order valence-corrected chi connectivity index (χ2v) is 5.51. The predicted molar refractivity (Wildman–Crippen MR) is 146 cm³/mol. The van der Waals surface area contributed by atoms with Crippen LogP contribution in [0.3, 0.4) is 0 Å². The van der Waals surface area contributed by atoms with Crippen LogP contribution in [0.5, 0.6) is 0 Å². The topological polar surface area (TPSA) is 46.2 Å². The predicted octanol–water partition coefficient (Wildman–Crippen LogP) is 9.08. The first-order chi connectivity index (χ1) is 14.2. The van der Waals surface area contributed by atoms with Gasteiger partial charge in [-0.15, -0.1) is 6.58 Å². The van der Waals surface area contributed by atoms with Crippen LogP contribution in [-0.4, -0.2) is 25.7 Å². The zero-order chi connectivity index (χ0) is 26.4. The summed E-state index contributed by atoms with van der Waals surface area (Å²) in [5.74, 6) is 0.535. The maximum atomic E-state index is 10.1. The molecule has 1 N–H and O–H groups in total. The number of carbonyl (C=O) groups is 2. The van der Waals surface area contributed by atoms with E-state index in [0.29, 0.717) is 5.92 Å². The Morgan fingerprint density at radius 3 is 1.30 bits per heavy atom. The smallest absolute Gasteiger partial charge is 0.145 e. The van der Waals surface area contributed by atoms with Crippen LogP contribution in [0, 0.1) is 5.92 Å². The van der Waals surface area contributed by atoms with Gasteiger partial charge in [0.15, 0.2) is 0 Å². The van der Waals surface area contributed by atoms with Crippen molar-refractivity contribution in [3.05, 3.63) is 24.8 Å². The third kappa shape index (κ3) is 186. The molecule has 1 atom stereocenters. The molecule has 188 valence electrons. The Balaban J connectivity index is -0.0000000334. The molecule has 0 heterocycles. The Morgan fingerprint density at radius 2 is 1.20 bits per heavy atom. The molecule has 3 heteroatoms. The van der Waals surface area contributed by atoms with Gasteiger partial charge in [-0.2, -0.15) is 0 Å². The molecule has 0 aliphatic rings. The Kier molecular flexibility index (Phi) is 137. The summed E-state index contributed by atoms with van der Waals surface area (Å²) >= 11 is 0. The average molecular weight is 434 g/mol. The van der Waals surface area contributed by atoms with Crippen LogP contribution < -0.4 is 5.32 Å². The molecule has 0 saturated heterocycles. The highest BCUT2D eigenvalue weighted by Crippen LogP contribution is 2.11. The summed E-state index contributed by atoms with van der Waals surface area (Å²) in [6.45, 7) is 35.6. The highest BCUT2D eigenvalue weighted by molar-refractivity contribution is 5.72. The van der Waals surface area contributed by atoms with E-state index < -0.39 is 0 Å². The quantitative estimate of drug-likeness (QED) is 0.258. The van der Waals surface area contributed by atoms with Crippen molar-refractivity contribution in [2.24, 2.45) is 5.92 Å². The molecule has 1 unspecified atom stereocenters. The summed E-state index contributed by atoms with van der Waals surface area (Å²) in [6, 6.07) is 0. The normalized spacial score (nSPS) is 7.70. The van der Waals surface area contributed by atoms with Gasteiger partial charge in [0.1, 0.15) is 12.1 Å². The van der Waals surface area contributed by atoms with Crippen molar-refractivity contribution < 1.29 is 9.59 Å². The van der Waals surface area contributed by atoms with Gasteiger partial charge < -0.3 is 10.1 Å². The first-order valence-corrected chi connectivity index (χ1v) is 12.0. The van der Waals surface area contributed by atoms with Gasteiger partial charge in [0.2, 0.25) is 0 Å². The fourth-order valence-electron chi connectivity index (χ4n) is 0.985. The average Bonchev–Trinajstić information content (AvgIpc) is 2.74. The summed E-state index contributed by atoms with van der Waals surface area (Å²) < 4.78 is 0. The Morgan fingerprint density at radius 1 is 0.933 bits per heavy atom. The van der Waals surface area contributed by atoms with Crippen LogP contribution in [-0.2, 0) is 9.59 Å². The minimum absolute atomic E-state index is 0.167. The Bertz CT molecular complexity index is 256. The first kappa shape index (κ1) is 51.4. The van der Waals surface area contributed by atoms with Crippen molar-refractivity contribution in [1.82, 2.24) is 5.32 Å². The summed E-state index contributed by atoms with van der Waals surface area (Å²) in [6.07, 6.45) is 7.27. The lowest BCUT2D eigenvalue weighted by Crippen LogP contribution is -2.04. The number of rotatable bonds is 6. The van der Waals surface area contributed by atoms with Crippen molar-refractivity contribution in [2.75, 3.05) is 13.6 Å². The van der Waals surface area contributed by atoms with Gasteiger partial charge in [-0.25, -0.2) is 0 Å². The van der Waals surface area contributed by atoms with Crippen molar-refractivity contribution in [3.8, 4) is 0 Å². The number of aldehydes is 1. The number of Topliss-reactive ketones (excluding diaryl/α,β-unsaturated/α-hetero) is 1. The zero-order valence-electron chi connectivity index (χ0n) is 24.0. The van der Waals surface area contributed by atoms with Gasteiger partial charge in [0.25, 0.3) is 0 Å². The van der Waals surface area contributed by atoms with Crippen LogP contribution in [0.2, 0.25) is 0 Å². The summed E-state index contributed by atoms with van der Waals surface area (Å²) in [7, 11) is 1.96. The van der Waals surface area contributed by atoms with E-state index >= 15 is 0 Å². The zero-order valence-corrected chi connectivity index (χ0v) is 24.0. The first-order valence-electron chi connectivity index (χ1n) is 12.0. The van der Waals surface area contributed by atoms with E-state index in [0.717, 1.165) is 31.2 Å². The number of ketones is 1. The lowest BCUT2D eigenvalue weighted by molar-refractivity contribution is -0.115. The van der Waals surface area contributed by atoms with Crippen LogP contribution in [0.25, 0.3) is 0 Å². The molecule has 0 aromatic carbocycles. The highest BCUT2D eigenvalue weighted by atomic mass is 16.1. The van der Waals surface area contributed by atoms with Crippen molar-refractivity contribution in [3.63, 3.8) is 0 Å². The number of allylic oxidation sites excluding steroid dienone is 2. The van der Waals surface area contributed by atoms with Gasteiger partial charge in [0.05, 0.1) is 0 Å². The fourth-order valence-corrected chi connectivity index (χ4v) is 0.985. The van der Waals surface area contributed by atoms with Crippen LogP contribution in [0.4, 0.5) is 0 Å². The summed E-state index contributed by atoms with van der Waals surface area (Å²) in [5, 5.41) is 3.02. The molecule has 0 spiro atoms.